The predicted octanol–water partition coefficient (Wildman–Crippen LogP) is 0.501. The van der Waals surface area contributed by atoms with Crippen molar-refractivity contribution in [2.75, 3.05) is 33.8 Å². The molecular formula is C13H29N3O. The van der Waals surface area contributed by atoms with Crippen molar-refractivity contribution in [1.29, 1.82) is 0 Å². The van der Waals surface area contributed by atoms with Crippen molar-refractivity contribution in [3.8, 4) is 0 Å². The Morgan fingerprint density at radius 3 is 2.35 bits per heavy atom. The first-order valence-corrected chi connectivity index (χ1v) is 6.87. The molecule has 17 heavy (non-hydrogen) atoms. The highest BCUT2D eigenvalue weighted by Crippen LogP contribution is 2.18. The maximum Gasteiger partial charge on any atom is 0.0601 e. The molecule has 1 aliphatic heterocycles. The number of hydrogen-bond donors (Lipinski definition) is 2. The maximum absolute atomic E-state index is 9.52. The van der Waals surface area contributed by atoms with Gasteiger partial charge in [0.2, 0.25) is 0 Å². The van der Waals surface area contributed by atoms with Crippen molar-refractivity contribution in [1.82, 2.24) is 9.80 Å². The summed E-state index contributed by atoms with van der Waals surface area (Å²) in [6.07, 6.45) is 4.45. The molecule has 4 heteroatoms. The van der Waals surface area contributed by atoms with Gasteiger partial charge in [-0.25, -0.2) is 0 Å². The quantitative estimate of drug-likeness (QED) is 0.713. The number of likely N-dealkylation sites (tertiary alicyclic amines) is 1. The Kier molecular flexibility index (Phi) is 6.41. The molecule has 3 N–H and O–H groups in total. The van der Waals surface area contributed by atoms with Gasteiger partial charge in [-0.1, -0.05) is 13.3 Å². The van der Waals surface area contributed by atoms with Crippen LogP contribution < -0.4 is 5.73 Å². The Labute approximate surface area is 106 Å². The summed E-state index contributed by atoms with van der Waals surface area (Å²) in [6.45, 7) is 4.46. The number of piperidine rings is 1. The van der Waals surface area contributed by atoms with Gasteiger partial charge < -0.3 is 15.7 Å². The average molecular weight is 243 g/mol. The largest absolute Gasteiger partial charge is 0.395 e. The second kappa shape index (κ2) is 7.31. The second-order valence-corrected chi connectivity index (χ2v) is 5.43. The van der Waals surface area contributed by atoms with E-state index >= 15 is 0 Å². The molecule has 2 atom stereocenters. The van der Waals surface area contributed by atoms with Crippen molar-refractivity contribution in [2.24, 2.45) is 5.73 Å². The minimum Gasteiger partial charge on any atom is -0.395 e. The van der Waals surface area contributed by atoms with Crippen LogP contribution in [-0.4, -0.2) is 66.8 Å². The van der Waals surface area contributed by atoms with Gasteiger partial charge in [0, 0.05) is 31.2 Å². The lowest BCUT2D eigenvalue weighted by Gasteiger charge is -2.40. The summed E-state index contributed by atoms with van der Waals surface area (Å²) < 4.78 is 0. The number of hydrogen-bond acceptors (Lipinski definition) is 4. The van der Waals surface area contributed by atoms with E-state index in [0.717, 1.165) is 25.9 Å². The molecule has 0 saturated carbocycles. The van der Waals surface area contributed by atoms with Gasteiger partial charge in [0.1, 0.15) is 0 Å². The van der Waals surface area contributed by atoms with Gasteiger partial charge in [-0.2, -0.15) is 0 Å². The molecule has 4 nitrogen and oxygen atoms in total. The first-order valence-electron chi connectivity index (χ1n) is 6.87. The van der Waals surface area contributed by atoms with Crippen molar-refractivity contribution in [2.45, 2.75) is 50.7 Å². The smallest absolute Gasteiger partial charge is 0.0601 e. The number of nitrogens with two attached hydrogens (primary N) is 1. The Morgan fingerprint density at radius 1 is 1.35 bits per heavy atom. The molecular weight excluding hydrogens is 214 g/mol. The summed E-state index contributed by atoms with van der Waals surface area (Å²) in [7, 11) is 4.29. The molecule has 2 unspecified atom stereocenters. The zero-order valence-corrected chi connectivity index (χ0v) is 11.6. The monoisotopic (exact) mass is 243 g/mol. The topological polar surface area (TPSA) is 52.7 Å². The minimum atomic E-state index is 0.112. The van der Waals surface area contributed by atoms with Crippen molar-refractivity contribution >= 4 is 0 Å². The van der Waals surface area contributed by atoms with Gasteiger partial charge in [0.25, 0.3) is 0 Å². The van der Waals surface area contributed by atoms with Gasteiger partial charge >= 0.3 is 0 Å². The van der Waals surface area contributed by atoms with E-state index in [1.807, 2.05) is 0 Å². The van der Waals surface area contributed by atoms with Crippen molar-refractivity contribution in [3.63, 3.8) is 0 Å². The molecule has 1 saturated heterocycles. The molecule has 0 radical (unpaired) electrons. The Bertz CT molecular complexity index is 203. The molecule has 1 rings (SSSR count). The number of aliphatic hydroxyl groups is 1. The molecule has 1 aliphatic rings. The lowest BCUT2D eigenvalue weighted by Crippen LogP contribution is -2.54. The van der Waals surface area contributed by atoms with Crippen molar-refractivity contribution in [3.05, 3.63) is 0 Å². The van der Waals surface area contributed by atoms with Gasteiger partial charge in [0.05, 0.1) is 6.61 Å². The third-order valence-electron chi connectivity index (χ3n) is 4.00. The van der Waals surface area contributed by atoms with Crippen LogP contribution in [0.1, 0.15) is 32.6 Å². The van der Waals surface area contributed by atoms with E-state index in [0.29, 0.717) is 6.04 Å². The predicted molar refractivity (Wildman–Crippen MR) is 72.0 cm³/mol. The summed E-state index contributed by atoms with van der Waals surface area (Å²) in [5.74, 6) is 0. The fraction of sp³-hybridized carbons (Fsp3) is 1.00. The van der Waals surface area contributed by atoms with Crippen LogP contribution in [0.15, 0.2) is 0 Å². The molecule has 0 amide bonds. The average Bonchev–Trinajstić information content (AvgIpc) is 2.31. The first kappa shape index (κ1) is 14.9. The van der Waals surface area contributed by atoms with E-state index in [-0.39, 0.29) is 18.7 Å². The van der Waals surface area contributed by atoms with E-state index in [1.165, 1.54) is 12.8 Å². The van der Waals surface area contributed by atoms with Crippen LogP contribution >= 0.6 is 0 Å². The molecule has 0 bridgehead atoms. The molecule has 1 fully saturated rings. The Morgan fingerprint density at radius 2 is 1.94 bits per heavy atom. The lowest BCUT2D eigenvalue weighted by atomic mass is 9.98. The number of aliphatic hydroxyl groups excluding tert-OH is 1. The minimum absolute atomic E-state index is 0.112. The molecule has 0 aromatic rings. The van der Waals surface area contributed by atoms with Crippen LogP contribution in [0.3, 0.4) is 0 Å². The molecule has 102 valence electrons. The van der Waals surface area contributed by atoms with Crippen LogP contribution in [-0.2, 0) is 0 Å². The lowest BCUT2D eigenvalue weighted by molar-refractivity contribution is 0.0600. The standard InChI is InChI=1S/C13H29N3O/c1-4-5-12(14)13(10-17)16-8-6-11(7-9-16)15(2)3/h11-13,17H,4-10,14H2,1-3H3. The van der Waals surface area contributed by atoms with Crippen LogP contribution in [0.25, 0.3) is 0 Å². The van der Waals surface area contributed by atoms with Crippen molar-refractivity contribution < 1.29 is 5.11 Å². The highest BCUT2D eigenvalue weighted by molar-refractivity contribution is 4.86. The molecule has 0 spiro atoms. The third kappa shape index (κ3) is 4.21. The highest BCUT2D eigenvalue weighted by atomic mass is 16.3. The van der Waals surface area contributed by atoms with E-state index in [1.54, 1.807) is 0 Å². The Hall–Kier alpha value is -0.160. The van der Waals surface area contributed by atoms with E-state index in [9.17, 15) is 5.11 Å². The van der Waals surface area contributed by atoms with Gasteiger partial charge in [-0.15, -0.1) is 0 Å². The Balaban J connectivity index is 2.44. The summed E-state index contributed by atoms with van der Waals surface area (Å²) >= 11 is 0. The zero-order valence-electron chi connectivity index (χ0n) is 11.6. The summed E-state index contributed by atoms with van der Waals surface area (Å²) in [5, 5.41) is 9.52. The van der Waals surface area contributed by atoms with Gasteiger partial charge in [-0.3, -0.25) is 4.90 Å². The molecule has 0 aromatic carbocycles. The normalized spacial score (nSPS) is 22.9. The van der Waals surface area contributed by atoms with Crippen LogP contribution in [0.2, 0.25) is 0 Å². The molecule has 0 aliphatic carbocycles. The SMILES string of the molecule is CCCC(N)C(CO)N1CCC(N(C)C)CC1. The fourth-order valence-corrected chi connectivity index (χ4v) is 2.78. The van der Waals surface area contributed by atoms with E-state index in [4.69, 9.17) is 5.73 Å². The van der Waals surface area contributed by atoms with Gasteiger partial charge in [0.15, 0.2) is 0 Å². The number of rotatable bonds is 6. The maximum atomic E-state index is 9.52. The van der Waals surface area contributed by atoms with Crippen LogP contribution in [0, 0.1) is 0 Å². The molecule has 0 aromatic heterocycles. The van der Waals surface area contributed by atoms with Gasteiger partial charge in [-0.05, 0) is 33.4 Å². The molecule has 1 heterocycles. The zero-order chi connectivity index (χ0) is 12.8. The van der Waals surface area contributed by atoms with Crippen LogP contribution in [0.4, 0.5) is 0 Å². The van der Waals surface area contributed by atoms with Crippen LogP contribution in [0.5, 0.6) is 0 Å². The number of nitrogens with zero attached hydrogens (tertiary/aromatic N) is 2. The third-order valence-corrected chi connectivity index (χ3v) is 4.00. The van der Waals surface area contributed by atoms with E-state index in [2.05, 4.69) is 30.8 Å². The van der Waals surface area contributed by atoms with E-state index < -0.39 is 0 Å². The second-order valence-electron chi connectivity index (χ2n) is 5.43. The fourth-order valence-electron chi connectivity index (χ4n) is 2.78. The summed E-state index contributed by atoms with van der Waals surface area (Å²) in [6, 6.07) is 0.951. The summed E-state index contributed by atoms with van der Waals surface area (Å²) in [5.41, 5.74) is 6.15. The summed E-state index contributed by atoms with van der Waals surface area (Å²) in [4.78, 5) is 4.68. The first-order chi connectivity index (χ1) is 8.10. The highest BCUT2D eigenvalue weighted by Gasteiger charge is 2.28.